The highest BCUT2D eigenvalue weighted by Gasteiger charge is 2.22. The maximum atomic E-state index is 12.2. The fraction of sp³-hybridized carbons (Fsp3) is 0.588. The van der Waals surface area contributed by atoms with E-state index in [1.54, 1.807) is 11.8 Å². The van der Waals surface area contributed by atoms with E-state index in [1.807, 2.05) is 36.2 Å². The van der Waals surface area contributed by atoms with Gasteiger partial charge in [-0.05, 0) is 56.5 Å². The van der Waals surface area contributed by atoms with Gasteiger partial charge in [-0.1, -0.05) is 23.7 Å². The summed E-state index contributed by atoms with van der Waals surface area (Å²) in [4.78, 5) is 14.3. The number of carbonyl (C=O) groups is 1. The van der Waals surface area contributed by atoms with Gasteiger partial charge in [0, 0.05) is 23.9 Å². The molecule has 1 heterocycles. The number of thioether (sulfide) groups is 1. The molecule has 2 rings (SSSR count). The normalized spacial score (nSPS) is 16.0. The van der Waals surface area contributed by atoms with Crippen LogP contribution in [-0.2, 0) is 10.5 Å². The van der Waals surface area contributed by atoms with Crippen LogP contribution >= 0.6 is 23.4 Å². The summed E-state index contributed by atoms with van der Waals surface area (Å²) in [5.74, 6) is 2.50. The topological polar surface area (TPSA) is 32.3 Å². The summed E-state index contributed by atoms with van der Waals surface area (Å²) in [5, 5.41) is 3.96. The van der Waals surface area contributed by atoms with E-state index in [9.17, 15) is 4.79 Å². The molecule has 0 radical (unpaired) electrons. The van der Waals surface area contributed by atoms with Crippen molar-refractivity contribution >= 4 is 29.3 Å². The van der Waals surface area contributed by atoms with E-state index >= 15 is 0 Å². The molecule has 1 aromatic rings. The van der Waals surface area contributed by atoms with Crippen molar-refractivity contribution in [2.45, 2.75) is 25.0 Å². The van der Waals surface area contributed by atoms with Crippen molar-refractivity contribution in [1.82, 2.24) is 10.2 Å². The predicted octanol–water partition coefficient (Wildman–Crippen LogP) is 3.42. The Bertz CT molecular complexity index is 458. The van der Waals surface area contributed by atoms with Crippen molar-refractivity contribution < 1.29 is 4.79 Å². The van der Waals surface area contributed by atoms with E-state index in [2.05, 4.69) is 5.32 Å². The minimum absolute atomic E-state index is 0.283. The van der Waals surface area contributed by atoms with Gasteiger partial charge in [0.1, 0.15) is 0 Å². The number of amides is 1. The summed E-state index contributed by atoms with van der Waals surface area (Å²) >= 11 is 7.55. The van der Waals surface area contributed by atoms with E-state index < -0.39 is 0 Å². The smallest absolute Gasteiger partial charge is 0.232 e. The third-order valence-corrected chi connectivity index (χ3v) is 5.42. The maximum Gasteiger partial charge on any atom is 0.232 e. The van der Waals surface area contributed by atoms with Crippen molar-refractivity contribution in [2.75, 3.05) is 32.4 Å². The number of hydrogen-bond acceptors (Lipinski definition) is 3. The molecule has 0 saturated carbocycles. The quantitative estimate of drug-likeness (QED) is 0.825. The first-order valence-electron chi connectivity index (χ1n) is 7.93. The molecule has 0 aromatic heterocycles. The van der Waals surface area contributed by atoms with Gasteiger partial charge in [0.2, 0.25) is 5.91 Å². The van der Waals surface area contributed by atoms with Gasteiger partial charge in [-0.3, -0.25) is 4.79 Å². The lowest BCUT2D eigenvalue weighted by Gasteiger charge is -2.32. The van der Waals surface area contributed by atoms with Crippen LogP contribution in [0.4, 0.5) is 0 Å². The molecule has 1 saturated heterocycles. The Hall–Kier alpha value is -0.710. The fourth-order valence-corrected chi connectivity index (χ4v) is 3.76. The predicted molar refractivity (Wildman–Crippen MR) is 95.5 cm³/mol. The molecule has 0 atom stereocenters. The van der Waals surface area contributed by atoms with Crippen molar-refractivity contribution in [1.29, 1.82) is 0 Å². The molecule has 1 aliphatic heterocycles. The molecular weight excluding hydrogens is 316 g/mol. The molecular formula is C17H25ClN2OS. The Morgan fingerprint density at radius 3 is 2.64 bits per heavy atom. The van der Waals surface area contributed by atoms with E-state index in [1.165, 1.54) is 12.0 Å². The molecule has 122 valence electrons. The summed E-state index contributed by atoms with van der Waals surface area (Å²) in [6.45, 7) is 2.93. The lowest BCUT2D eigenvalue weighted by Crippen LogP contribution is -2.39. The Balaban J connectivity index is 1.64. The van der Waals surface area contributed by atoms with Crippen LogP contribution in [0.3, 0.4) is 0 Å². The Kier molecular flexibility index (Phi) is 7.56. The van der Waals surface area contributed by atoms with Gasteiger partial charge in [-0.15, -0.1) is 11.8 Å². The zero-order chi connectivity index (χ0) is 15.8. The number of benzene rings is 1. The number of likely N-dealkylation sites (tertiary alicyclic amines) is 1. The molecule has 1 N–H and O–H groups in total. The lowest BCUT2D eigenvalue weighted by atomic mass is 9.93. The zero-order valence-corrected chi connectivity index (χ0v) is 14.8. The Labute approximate surface area is 142 Å². The minimum Gasteiger partial charge on any atom is -0.342 e. The van der Waals surface area contributed by atoms with Crippen LogP contribution in [-0.4, -0.2) is 43.2 Å². The largest absolute Gasteiger partial charge is 0.342 e. The number of halogens is 1. The highest BCUT2D eigenvalue weighted by molar-refractivity contribution is 7.99. The summed E-state index contributed by atoms with van der Waals surface area (Å²) in [5.41, 5.74) is 1.22. The van der Waals surface area contributed by atoms with Crippen LogP contribution in [0.15, 0.2) is 24.3 Å². The highest BCUT2D eigenvalue weighted by Crippen LogP contribution is 2.21. The van der Waals surface area contributed by atoms with Crippen LogP contribution in [0, 0.1) is 5.92 Å². The third-order valence-electron chi connectivity index (χ3n) is 4.18. The van der Waals surface area contributed by atoms with Gasteiger partial charge < -0.3 is 10.2 Å². The molecule has 3 nitrogen and oxygen atoms in total. The standard InChI is InChI=1S/C17H25ClN2OS/c1-19-9-6-14-7-10-20(11-8-14)17(21)13-22-12-15-2-4-16(18)5-3-15/h2-5,14,19H,6-13H2,1H3. The number of nitrogens with one attached hydrogen (secondary N) is 1. The first-order chi connectivity index (χ1) is 10.7. The van der Waals surface area contributed by atoms with Crippen molar-refractivity contribution in [3.8, 4) is 0 Å². The van der Waals surface area contributed by atoms with Crippen LogP contribution in [0.5, 0.6) is 0 Å². The van der Waals surface area contributed by atoms with Gasteiger partial charge >= 0.3 is 0 Å². The number of carbonyl (C=O) groups excluding carboxylic acids is 1. The molecule has 22 heavy (non-hydrogen) atoms. The van der Waals surface area contributed by atoms with Crippen molar-refractivity contribution in [3.63, 3.8) is 0 Å². The molecule has 1 fully saturated rings. The average molecular weight is 341 g/mol. The summed E-state index contributed by atoms with van der Waals surface area (Å²) < 4.78 is 0. The van der Waals surface area contributed by atoms with Gasteiger partial charge in [0.25, 0.3) is 0 Å². The molecule has 0 bridgehead atoms. The van der Waals surface area contributed by atoms with E-state index in [0.29, 0.717) is 5.75 Å². The first-order valence-corrected chi connectivity index (χ1v) is 9.47. The number of piperidine rings is 1. The summed E-state index contributed by atoms with van der Waals surface area (Å²) in [7, 11) is 2.00. The van der Waals surface area contributed by atoms with E-state index in [-0.39, 0.29) is 5.91 Å². The van der Waals surface area contributed by atoms with Crippen LogP contribution in [0.2, 0.25) is 5.02 Å². The first kappa shape index (κ1) is 17.6. The Morgan fingerprint density at radius 1 is 1.32 bits per heavy atom. The molecule has 1 aromatic carbocycles. The van der Waals surface area contributed by atoms with Crippen LogP contribution < -0.4 is 5.32 Å². The highest BCUT2D eigenvalue weighted by atomic mass is 35.5. The van der Waals surface area contributed by atoms with Crippen LogP contribution in [0.1, 0.15) is 24.8 Å². The summed E-state index contributed by atoms with van der Waals surface area (Å²) in [6.07, 6.45) is 3.52. The molecule has 5 heteroatoms. The molecule has 0 unspecified atom stereocenters. The zero-order valence-electron chi connectivity index (χ0n) is 13.2. The molecule has 1 aliphatic rings. The van der Waals surface area contributed by atoms with Gasteiger partial charge in [0.15, 0.2) is 0 Å². The lowest BCUT2D eigenvalue weighted by molar-refractivity contribution is -0.129. The van der Waals surface area contributed by atoms with E-state index in [4.69, 9.17) is 11.6 Å². The second kappa shape index (κ2) is 9.43. The number of rotatable bonds is 7. The Morgan fingerprint density at radius 2 is 2.00 bits per heavy atom. The van der Waals surface area contributed by atoms with Gasteiger partial charge in [-0.2, -0.15) is 0 Å². The SMILES string of the molecule is CNCCC1CCN(C(=O)CSCc2ccc(Cl)cc2)CC1. The molecule has 0 spiro atoms. The van der Waals surface area contributed by atoms with Gasteiger partial charge in [-0.25, -0.2) is 0 Å². The maximum absolute atomic E-state index is 12.2. The van der Waals surface area contributed by atoms with Crippen molar-refractivity contribution in [3.05, 3.63) is 34.9 Å². The fourth-order valence-electron chi connectivity index (χ4n) is 2.75. The third kappa shape index (κ3) is 5.82. The van der Waals surface area contributed by atoms with Gasteiger partial charge in [0.05, 0.1) is 5.75 Å². The molecule has 0 aliphatic carbocycles. The van der Waals surface area contributed by atoms with E-state index in [0.717, 1.165) is 49.2 Å². The monoisotopic (exact) mass is 340 g/mol. The average Bonchev–Trinajstić information content (AvgIpc) is 2.55. The minimum atomic E-state index is 0.283. The molecule has 1 amide bonds. The second-order valence-electron chi connectivity index (χ2n) is 5.84. The van der Waals surface area contributed by atoms with Crippen LogP contribution in [0.25, 0.3) is 0 Å². The van der Waals surface area contributed by atoms with Crippen molar-refractivity contribution in [2.24, 2.45) is 5.92 Å². The number of hydrogen-bond donors (Lipinski definition) is 1. The summed E-state index contributed by atoms with van der Waals surface area (Å²) in [6, 6.07) is 7.84. The second-order valence-corrected chi connectivity index (χ2v) is 7.26. The number of nitrogens with zero attached hydrogens (tertiary/aromatic N) is 1.